The molecule has 0 spiro atoms. The van der Waals surface area contributed by atoms with Crippen molar-refractivity contribution in [1.29, 1.82) is 10.5 Å². The van der Waals surface area contributed by atoms with Crippen LogP contribution in [0.15, 0.2) is 24.3 Å². The molecule has 70 valence electrons. The van der Waals surface area contributed by atoms with Crippen molar-refractivity contribution in [3.8, 4) is 12.1 Å². The van der Waals surface area contributed by atoms with Gasteiger partial charge in [0.2, 0.25) is 0 Å². The van der Waals surface area contributed by atoms with Gasteiger partial charge >= 0.3 is 0 Å². The molecule has 0 heterocycles. The fourth-order valence-corrected chi connectivity index (χ4v) is 1.09. The molecule has 1 aromatic rings. The summed E-state index contributed by atoms with van der Waals surface area (Å²) in [5, 5.41) is 17.1. The minimum Gasteiger partial charge on any atom is -0.399 e. The maximum Gasteiger partial charge on any atom is 0.106 e. The predicted molar refractivity (Wildman–Crippen MR) is 54.3 cm³/mol. The highest BCUT2D eigenvalue weighted by atomic mass is 15.1. The first kappa shape index (κ1) is 9.88. The Morgan fingerprint density at radius 3 is 2.00 bits per heavy atom. The maximum atomic E-state index is 8.55. The summed E-state index contributed by atoms with van der Waals surface area (Å²) in [4.78, 5) is 1.68. The van der Waals surface area contributed by atoms with E-state index < -0.39 is 0 Å². The van der Waals surface area contributed by atoms with Gasteiger partial charge in [-0.15, -0.1) is 0 Å². The monoisotopic (exact) mass is 186 g/mol. The molecule has 2 N–H and O–H groups in total. The molecule has 0 saturated heterocycles. The summed E-state index contributed by atoms with van der Waals surface area (Å²) in [6, 6.07) is 11.1. The highest BCUT2D eigenvalue weighted by Crippen LogP contribution is 2.15. The lowest BCUT2D eigenvalue weighted by Gasteiger charge is -2.17. The average Bonchev–Trinajstić information content (AvgIpc) is 2.19. The third-order valence-corrected chi connectivity index (χ3v) is 1.78. The number of nitrogen functional groups attached to an aromatic ring is 1. The quantitative estimate of drug-likeness (QED) is 0.567. The molecule has 0 aliphatic heterocycles. The van der Waals surface area contributed by atoms with Crippen molar-refractivity contribution in [3.63, 3.8) is 0 Å². The van der Waals surface area contributed by atoms with Crippen molar-refractivity contribution < 1.29 is 0 Å². The van der Waals surface area contributed by atoms with Gasteiger partial charge in [0.05, 0.1) is 12.1 Å². The maximum absolute atomic E-state index is 8.55. The van der Waals surface area contributed by atoms with Crippen LogP contribution in [0.1, 0.15) is 0 Å². The summed E-state index contributed by atoms with van der Waals surface area (Å²) in [5.41, 5.74) is 7.03. The van der Waals surface area contributed by atoms with Crippen LogP contribution in [0.4, 0.5) is 11.4 Å². The first-order valence-electron chi connectivity index (χ1n) is 4.12. The number of nitriles is 2. The molecule has 14 heavy (non-hydrogen) atoms. The molecule has 0 aliphatic carbocycles. The number of nitrogens with zero attached hydrogens (tertiary/aromatic N) is 3. The molecular formula is C10H10N4. The topological polar surface area (TPSA) is 76.8 Å². The Kier molecular flexibility index (Phi) is 3.34. The summed E-state index contributed by atoms with van der Waals surface area (Å²) in [7, 11) is 0. The minimum atomic E-state index is 0.206. The van der Waals surface area contributed by atoms with Crippen LogP contribution in [-0.2, 0) is 0 Å². The van der Waals surface area contributed by atoms with Crippen LogP contribution >= 0.6 is 0 Å². The molecule has 0 bridgehead atoms. The van der Waals surface area contributed by atoms with E-state index >= 15 is 0 Å². The predicted octanol–water partition coefficient (Wildman–Crippen LogP) is 1.12. The molecule has 4 nitrogen and oxygen atoms in total. The van der Waals surface area contributed by atoms with Gasteiger partial charge in [0.15, 0.2) is 0 Å². The number of rotatable bonds is 3. The number of benzene rings is 1. The second kappa shape index (κ2) is 4.74. The lowest BCUT2D eigenvalue weighted by Crippen LogP contribution is -2.23. The Morgan fingerprint density at radius 2 is 1.57 bits per heavy atom. The van der Waals surface area contributed by atoms with E-state index in [1.54, 1.807) is 29.2 Å². The normalized spacial score (nSPS) is 8.71. The average molecular weight is 186 g/mol. The molecule has 0 unspecified atom stereocenters. The van der Waals surface area contributed by atoms with E-state index in [1.165, 1.54) is 0 Å². The van der Waals surface area contributed by atoms with Gasteiger partial charge in [-0.25, -0.2) is 0 Å². The standard InChI is InChI=1S/C10H10N4/c11-5-7-14(8-6-12)10-3-1-9(13)2-4-10/h1-4H,7-8,13H2. The Morgan fingerprint density at radius 1 is 1.07 bits per heavy atom. The summed E-state index contributed by atoms with van der Waals surface area (Å²) >= 11 is 0. The first-order chi connectivity index (χ1) is 6.77. The van der Waals surface area contributed by atoms with Gasteiger partial charge in [0.25, 0.3) is 0 Å². The molecule has 0 saturated carbocycles. The Labute approximate surface area is 82.8 Å². The van der Waals surface area contributed by atoms with Gasteiger partial charge in [-0.05, 0) is 24.3 Å². The zero-order chi connectivity index (χ0) is 10.4. The molecule has 4 heteroatoms. The lowest BCUT2D eigenvalue weighted by atomic mass is 10.2. The third-order valence-electron chi connectivity index (χ3n) is 1.78. The van der Waals surface area contributed by atoms with E-state index in [0.29, 0.717) is 5.69 Å². The van der Waals surface area contributed by atoms with Crippen molar-refractivity contribution in [3.05, 3.63) is 24.3 Å². The molecule has 0 amide bonds. The van der Waals surface area contributed by atoms with Crippen molar-refractivity contribution >= 4 is 11.4 Å². The lowest BCUT2D eigenvalue weighted by molar-refractivity contribution is 0.967. The van der Waals surface area contributed by atoms with Crippen molar-refractivity contribution in [1.82, 2.24) is 0 Å². The summed E-state index contributed by atoms with van der Waals surface area (Å²) in [5.74, 6) is 0. The second-order valence-electron chi connectivity index (χ2n) is 2.76. The van der Waals surface area contributed by atoms with E-state index in [0.717, 1.165) is 5.69 Å². The van der Waals surface area contributed by atoms with Crippen LogP contribution in [0.25, 0.3) is 0 Å². The van der Waals surface area contributed by atoms with E-state index in [9.17, 15) is 0 Å². The molecule has 0 radical (unpaired) electrons. The van der Waals surface area contributed by atoms with Gasteiger partial charge in [0.1, 0.15) is 13.1 Å². The van der Waals surface area contributed by atoms with Gasteiger partial charge in [-0.1, -0.05) is 0 Å². The van der Waals surface area contributed by atoms with Crippen molar-refractivity contribution in [2.24, 2.45) is 0 Å². The molecular weight excluding hydrogens is 176 g/mol. The zero-order valence-corrected chi connectivity index (χ0v) is 7.64. The fourth-order valence-electron chi connectivity index (χ4n) is 1.09. The van der Waals surface area contributed by atoms with E-state index in [-0.39, 0.29) is 13.1 Å². The van der Waals surface area contributed by atoms with Crippen molar-refractivity contribution in [2.45, 2.75) is 0 Å². The van der Waals surface area contributed by atoms with Gasteiger partial charge in [0, 0.05) is 11.4 Å². The summed E-state index contributed by atoms with van der Waals surface area (Å²) in [6.45, 7) is 0.412. The molecule has 0 fully saturated rings. The second-order valence-corrected chi connectivity index (χ2v) is 2.76. The minimum absolute atomic E-state index is 0.206. The summed E-state index contributed by atoms with van der Waals surface area (Å²) in [6.07, 6.45) is 0. The van der Waals surface area contributed by atoms with Crippen molar-refractivity contribution in [2.75, 3.05) is 23.7 Å². The Balaban J connectivity index is 2.84. The Hall–Kier alpha value is -2.20. The molecule has 0 atom stereocenters. The smallest absolute Gasteiger partial charge is 0.106 e. The fraction of sp³-hybridized carbons (Fsp3) is 0.200. The largest absolute Gasteiger partial charge is 0.399 e. The SMILES string of the molecule is N#CCN(CC#N)c1ccc(N)cc1. The number of anilines is 2. The van der Waals surface area contributed by atoms with E-state index in [2.05, 4.69) is 0 Å². The number of hydrogen-bond acceptors (Lipinski definition) is 4. The van der Waals surface area contributed by atoms with E-state index in [1.807, 2.05) is 12.1 Å². The van der Waals surface area contributed by atoms with Crippen LogP contribution < -0.4 is 10.6 Å². The van der Waals surface area contributed by atoms with Crippen LogP contribution in [0.3, 0.4) is 0 Å². The van der Waals surface area contributed by atoms with E-state index in [4.69, 9.17) is 16.3 Å². The van der Waals surface area contributed by atoms with Crippen LogP contribution in [-0.4, -0.2) is 13.1 Å². The van der Waals surface area contributed by atoms with Gasteiger partial charge in [-0.2, -0.15) is 10.5 Å². The third kappa shape index (κ3) is 2.40. The first-order valence-corrected chi connectivity index (χ1v) is 4.12. The molecule has 0 aliphatic rings. The molecule has 0 aromatic heterocycles. The summed E-state index contributed by atoms with van der Waals surface area (Å²) < 4.78 is 0. The zero-order valence-electron chi connectivity index (χ0n) is 7.64. The Bertz CT molecular complexity index is 353. The highest BCUT2D eigenvalue weighted by Gasteiger charge is 2.03. The van der Waals surface area contributed by atoms with Gasteiger partial charge in [-0.3, -0.25) is 0 Å². The number of hydrogen-bond donors (Lipinski definition) is 1. The van der Waals surface area contributed by atoms with Crippen LogP contribution in [0.2, 0.25) is 0 Å². The van der Waals surface area contributed by atoms with Crippen LogP contribution in [0, 0.1) is 22.7 Å². The van der Waals surface area contributed by atoms with Crippen LogP contribution in [0.5, 0.6) is 0 Å². The highest BCUT2D eigenvalue weighted by molar-refractivity contribution is 5.54. The molecule has 1 rings (SSSR count). The molecule has 1 aromatic carbocycles. The van der Waals surface area contributed by atoms with Gasteiger partial charge < -0.3 is 10.6 Å². The number of nitrogens with two attached hydrogens (primary N) is 1.